The van der Waals surface area contributed by atoms with Crippen LogP contribution in [0, 0.1) is 5.92 Å². The van der Waals surface area contributed by atoms with Gasteiger partial charge in [-0.05, 0) is 48.4 Å². The van der Waals surface area contributed by atoms with Crippen molar-refractivity contribution in [3.63, 3.8) is 0 Å². The van der Waals surface area contributed by atoms with Gasteiger partial charge in [-0.1, -0.05) is 32.9 Å². The number of rotatable bonds is 8. The Morgan fingerprint density at radius 2 is 2.04 bits per heavy atom. The lowest BCUT2D eigenvalue weighted by Crippen LogP contribution is -2.36. The lowest BCUT2D eigenvalue weighted by atomic mass is 9.87. The molecular formula is C18H29ClN2O2. The summed E-state index contributed by atoms with van der Waals surface area (Å²) in [6, 6.07) is 8.14. The molecule has 0 spiro atoms. The van der Waals surface area contributed by atoms with E-state index in [1.165, 1.54) is 18.4 Å². The second kappa shape index (κ2) is 9.14. The summed E-state index contributed by atoms with van der Waals surface area (Å²) in [4.78, 5) is 11.6. The molecule has 0 aliphatic heterocycles. The van der Waals surface area contributed by atoms with Gasteiger partial charge in [0.05, 0.1) is 13.1 Å². The summed E-state index contributed by atoms with van der Waals surface area (Å²) in [5.41, 5.74) is 1.36. The summed E-state index contributed by atoms with van der Waals surface area (Å²) >= 11 is 0. The molecule has 1 aromatic rings. The van der Waals surface area contributed by atoms with E-state index < -0.39 is 0 Å². The minimum absolute atomic E-state index is 0. The van der Waals surface area contributed by atoms with Crippen LogP contribution in [-0.4, -0.2) is 32.1 Å². The van der Waals surface area contributed by atoms with Gasteiger partial charge >= 0.3 is 0 Å². The molecule has 1 aliphatic rings. The van der Waals surface area contributed by atoms with Gasteiger partial charge in [0.2, 0.25) is 5.91 Å². The highest BCUT2D eigenvalue weighted by atomic mass is 35.5. The topological polar surface area (TPSA) is 50.4 Å². The third kappa shape index (κ3) is 7.71. The van der Waals surface area contributed by atoms with Gasteiger partial charge < -0.3 is 15.4 Å². The molecule has 5 heteroatoms. The number of carbonyl (C=O) groups excluding carboxylic acids is 1. The van der Waals surface area contributed by atoms with Gasteiger partial charge in [-0.2, -0.15) is 0 Å². The summed E-state index contributed by atoms with van der Waals surface area (Å²) in [5.74, 6) is 1.69. The molecule has 0 atom stereocenters. The average molecular weight is 341 g/mol. The third-order valence-electron chi connectivity index (χ3n) is 3.81. The minimum atomic E-state index is 0. The Morgan fingerprint density at radius 1 is 1.30 bits per heavy atom. The molecule has 0 saturated heterocycles. The van der Waals surface area contributed by atoms with E-state index in [0.717, 1.165) is 18.2 Å². The Morgan fingerprint density at radius 3 is 2.70 bits per heavy atom. The van der Waals surface area contributed by atoms with E-state index in [4.69, 9.17) is 4.74 Å². The van der Waals surface area contributed by atoms with Crippen molar-refractivity contribution in [1.82, 2.24) is 10.6 Å². The summed E-state index contributed by atoms with van der Waals surface area (Å²) in [7, 11) is 0. The zero-order valence-corrected chi connectivity index (χ0v) is 15.2. The van der Waals surface area contributed by atoms with Crippen LogP contribution in [0.5, 0.6) is 5.75 Å². The molecule has 2 N–H and O–H groups in total. The van der Waals surface area contributed by atoms with Gasteiger partial charge in [-0.25, -0.2) is 0 Å². The Kier molecular flexibility index (Phi) is 7.86. The number of hydrogen-bond acceptors (Lipinski definition) is 3. The Balaban J connectivity index is 0.00000264. The van der Waals surface area contributed by atoms with Gasteiger partial charge in [0.15, 0.2) is 0 Å². The predicted molar refractivity (Wildman–Crippen MR) is 96.5 cm³/mol. The number of halogens is 1. The normalized spacial score (nSPS) is 14.0. The third-order valence-corrected chi connectivity index (χ3v) is 3.81. The smallest absolute Gasteiger partial charge is 0.234 e. The number of nitrogens with one attached hydrogen (secondary N) is 2. The van der Waals surface area contributed by atoms with Crippen molar-refractivity contribution in [3.05, 3.63) is 29.8 Å². The summed E-state index contributed by atoms with van der Waals surface area (Å²) < 4.78 is 5.71. The summed E-state index contributed by atoms with van der Waals surface area (Å²) in [6.07, 6.45) is 2.60. The number of ether oxygens (including phenoxy) is 1. The highest BCUT2D eigenvalue weighted by Crippen LogP contribution is 2.27. The fourth-order valence-corrected chi connectivity index (χ4v) is 2.19. The van der Waals surface area contributed by atoms with Crippen LogP contribution in [-0.2, 0) is 10.2 Å². The number of hydrogen-bond donors (Lipinski definition) is 2. The maximum Gasteiger partial charge on any atom is 0.234 e. The molecule has 2 rings (SSSR count). The first kappa shape index (κ1) is 19.8. The lowest BCUT2D eigenvalue weighted by molar-refractivity contribution is -0.120. The molecule has 1 saturated carbocycles. The zero-order valence-electron chi connectivity index (χ0n) is 14.4. The molecule has 0 aromatic heterocycles. The highest BCUT2D eigenvalue weighted by Gasteiger charge is 2.20. The fourth-order valence-electron chi connectivity index (χ4n) is 2.19. The molecule has 23 heavy (non-hydrogen) atoms. The van der Waals surface area contributed by atoms with Crippen LogP contribution < -0.4 is 15.4 Å². The van der Waals surface area contributed by atoms with E-state index in [1.807, 2.05) is 12.1 Å². The van der Waals surface area contributed by atoms with Gasteiger partial charge in [0.1, 0.15) is 12.4 Å². The van der Waals surface area contributed by atoms with Crippen LogP contribution in [0.1, 0.15) is 39.2 Å². The Bertz CT molecular complexity index is 496. The molecule has 0 unspecified atom stereocenters. The summed E-state index contributed by atoms with van der Waals surface area (Å²) in [6.45, 7) is 8.92. The maximum absolute atomic E-state index is 11.6. The molecule has 0 heterocycles. The number of amides is 1. The van der Waals surface area contributed by atoms with Gasteiger partial charge in [0, 0.05) is 0 Å². The molecule has 1 amide bonds. The van der Waals surface area contributed by atoms with Gasteiger partial charge in [-0.15, -0.1) is 12.4 Å². The van der Waals surface area contributed by atoms with Crippen molar-refractivity contribution in [2.75, 3.05) is 26.2 Å². The van der Waals surface area contributed by atoms with E-state index in [1.54, 1.807) is 0 Å². The molecule has 0 bridgehead atoms. The van der Waals surface area contributed by atoms with Crippen LogP contribution in [0.4, 0.5) is 0 Å². The van der Waals surface area contributed by atoms with Crippen LogP contribution in [0.15, 0.2) is 24.3 Å². The SMILES string of the molecule is CC(C)(C)c1cccc(OCCNC(=O)CNCC2CC2)c1.Cl. The second-order valence-corrected chi connectivity index (χ2v) is 7.05. The average Bonchev–Trinajstić information content (AvgIpc) is 3.27. The van der Waals surface area contributed by atoms with Crippen molar-refractivity contribution in [2.45, 2.75) is 39.0 Å². The molecule has 1 fully saturated rings. The van der Waals surface area contributed by atoms with Crippen molar-refractivity contribution in [1.29, 1.82) is 0 Å². The second-order valence-electron chi connectivity index (χ2n) is 7.05. The molecule has 130 valence electrons. The first-order valence-electron chi connectivity index (χ1n) is 8.16. The van der Waals surface area contributed by atoms with Crippen molar-refractivity contribution in [3.8, 4) is 5.75 Å². The van der Waals surface area contributed by atoms with E-state index >= 15 is 0 Å². The number of carbonyl (C=O) groups is 1. The molecule has 1 aromatic carbocycles. The number of benzene rings is 1. The Labute approximate surface area is 145 Å². The van der Waals surface area contributed by atoms with Gasteiger partial charge in [0.25, 0.3) is 0 Å². The molecule has 4 nitrogen and oxygen atoms in total. The van der Waals surface area contributed by atoms with Crippen LogP contribution >= 0.6 is 12.4 Å². The molecule has 0 radical (unpaired) electrons. The van der Waals surface area contributed by atoms with E-state index in [0.29, 0.717) is 19.7 Å². The first-order chi connectivity index (χ1) is 10.4. The predicted octanol–water partition coefficient (Wildman–Crippen LogP) is 2.90. The maximum atomic E-state index is 11.6. The van der Waals surface area contributed by atoms with Crippen molar-refractivity contribution < 1.29 is 9.53 Å². The fraction of sp³-hybridized carbons (Fsp3) is 0.611. The molecule has 1 aliphatic carbocycles. The quantitative estimate of drug-likeness (QED) is 0.715. The largest absolute Gasteiger partial charge is 0.492 e. The monoisotopic (exact) mass is 340 g/mol. The van der Waals surface area contributed by atoms with Crippen LogP contribution in [0.25, 0.3) is 0 Å². The van der Waals surface area contributed by atoms with Crippen molar-refractivity contribution in [2.24, 2.45) is 5.92 Å². The van der Waals surface area contributed by atoms with E-state index in [9.17, 15) is 4.79 Å². The van der Waals surface area contributed by atoms with Crippen LogP contribution in [0.2, 0.25) is 0 Å². The minimum Gasteiger partial charge on any atom is -0.492 e. The zero-order chi connectivity index (χ0) is 16.0. The standard InChI is InChI=1S/C18H28N2O2.ClH/c1-18(2,3)15-5-4-6-16(11-15)22-10-9-20-17(21)13-19-12-14-7-8-14;/h4-6,11,14,19H,7-10,12-13H2,1-3H3,(H,20,21);1H. The summed E-state index contributed by atoms with van der Waals surface area (Å²) in [5, 5.41) is 6.04. The first-order valence-corrected chi connectivity index (χ1v) is 8.16. The van der Waals surface area contributed by atoms with Crippen molar-refractivity contribution >= 4 is 18.3 Å². The van der Waals surface area contributed by atoms with Gasteiger partial charge in [-0.3, -0.25) is 4.79 Å². The highest BCUT2D eigenvalue weighted by molar-refractivity contribution is 5.85. The Hall–Kier alpha value is -1.26. The molecular weight excluding hydrogens is 312 g/mol. The lowest BCUT2D eigenvalue weighted by Gasteiger charge is -2.19. The van der Waals surface area contributed by atoms with E-state index in [2.05, 4.69) is 43.5 Å². The van der Waals surface area contributed by atoms with E-state index in [-0.39, 0.29) is 23.7 Å². The van der Waals surface area contributed by atoms with Crippen LogP contribution in [0.3, 0.4) is 0 Å².